The highest BCUT2D eigenvalue weighted by molar-refractivity contribution is 5.36. The number of nitrogens with two attached hydrogens (primary N) is 1. The largest absolute Gasteiger partial charge is 0.339 e. The lowest BCUT2D eigenvalue weighted by molar-refractivity contribution is 0.341. The molecule has 0 saturated heterocycles. The Kier molecular flexibility index (Phi) is 3.57. The maximum absolute atomic E-state index is 5.90. The molecule has 1 aliphatic rings. The molecule has 0 saturated carbocycles. The van der Waals surface area contributed by atoms with E-state index in [0.717, 1.165) is 18.7 Å². The predicted molar refractivity (Wildman–Crippen MR) is 77.6 cm³/mol. The van der Waals surface area contributed by atoms with Crippen molar-refractivity contribution in [1.29, 1.82) is 0 Å². The van der Waals surface area contributed by atoms with Crippen LogP contribution >= 0.6 is 0 Å². The highest BCUT2D eigenvalue weighted by Crippen LogP contribution is 2.35. The minimum atomic E-state index is 0.0157. The van der Waals surface area contributed by atoms with Crippen molar-refractivity contribution in [2.45, 2.75) is 51.0 Å². The van der Waals surface area contributed by atoms with Crippen molar-refractivity contribution in [1.82, 2.24) is 10.1 Å². The summed E-state index contributed by atoms with van der Waals surface area (Å²) in [6.07, 6.45) is 3.41. The number of aryl methyl sites for hydroxylation is 1. The predicted octanol–water partition coefficient (Wildman–Crippen LogP) is 2.99. The van der Waals surface area contributed by atoms with Crippen LogP contribution in [-0.2, 0) is 6.42 Å². The summed E-state index contributed by atoms with van der Waals surface area (Å²) in [6, 6.07) is 8.59. The normalized spacial score (nSPS) is 21.2. The average Bonchev–Trinajstić information content (AvgIpc) is 2.95. The Bertz CT molecular complexity index is 591. The van der Waals surface area contributed by atoms with E-state index in [1.54, 1.807) is 0 Å². The second-order valence-electron chi connectivity index (χ2n) is 5.78. The van der Waals surface area contributed by atoms with Gasteiger partial charge in [0.2, 0.25) is 5.89 Å². The minimum Gasteiger partial charge on any atom is -0.339 e. The third kappa shape index (κ3) is 2.36. The molecule has 0 amide bonds. The smallest absolute Gasteiger partial charge is 0.231 e. The van der Waals surface area contributed by atoms with Gasteiger partial charge in [0.1, 0.15) is 0 Å². The summed E-state index contributed by atoms with van der Waals surface area (Å²) >= 11 is 0. The molecule has 4 nitrogen and oxygen atoms in total. The van der Waals surface area contributed by atoms with Gasteiger partial charge in [-0.25, -0.2) is 0 Å². The maximum atomic E-state index is 5.90. The molecule has 3 unspecified atom stereocenters. The van der Waals surface area contributed by atoms with Gasteiger partial charge in [0.05, 0.1) is 5.92 Å². The molecule has 1 aliphatic carbocycles. The number of rotatable bonds is 3. The fraction of sp³-hybridized carbons (Fsp3) is 0.500. The first kappa shape index (κ1) is 13.3. The quantitative estimate of drug-likeness (QED) is 0.932. The lowest BCUT2D eigenvalue weighted by Crippen LogP contribution is -2.22. The van der Waals surface area contributed by atoms with Crippen molar-refractivity contribution < 1.29 is 4.52 Å². The van der Waals surface area contributed by atoms with Gasteiger partial charge in [-0.1, -0.05) is 36.3 Å². The van der Waals surface area contributed by atoms with Crippen LogP contribution in [0.3, 0.4) is 0 Å². The second-order valence-corrected chi connectivity index (χ2v) is 5.78. The van der Waals surface area contributed by atoms with E-state index in [-0.39, 0.29) is 17.9 Å². The van der Waals surface area contributed by atoms with Gasteiger partial charge in [0.25, 0.3) is 0 Å². The SMILES string of the molecule is CC(N)C(C)c1nc(C2CCCc3ccccc32)no1. The monoisotopic (exact) mass is 271 g/mol. The number of benzene rings is 1. The first-order valence-corrected chi connectivity index (χ1v) is 7.33. The van der Waals surface area contributed by atoms with Crippen LogP contribution in [0.25, 0.3) is 0 Å². The molecule has 0 radical (unpaired) electrons. The molecule has 1 heterocycles. The van der Waals surface area contributed by atoms with Crippen LogP contribution in [0.4, 0.5) is 0 Å². The summed E-state index contributed by atoms with van der Waals surface area (Å²) in [4.78, 5) is 4.60. The highest BCUT2D eigenvalue weighted by Gasteiger charge is 2.27. The van der Waals surface area contributed by atoms with Gasteiger partial charge in [-0.3, -0.25) is 0 Å². The van der Waals surface area contributed by atoms with Crippen molar-refractivity contribution in [3.8, 4) is 0 Å². The van der Waals surface area contributed by atoms with Crippen LogP contribution in [0.1, 0.15) is 61.4 Å². The molecule has 0 spiro atoms. The van der Waals surface area contributed by atoms with E-state index in [1.807, 2.05) is 13.8 Å². The molecule has 0 aliphatic heterocycles. The summed E-state index contributed by atoms with van der Waals surface area (Å²) < 4.78 is 5.41. The number of aromatic nitrogens is 2. The zero-order valence-electron chi connectivity index (χ0n) is 12.0. The van der Waals surface area contributed by atoms with Crippen molar-refractivity contribution >= 4 is 0 Å². The van der Waals surface area contributed by atoms with Crippen molar-refractivity contribution in [3.63, 3.8) is 0 Å². The number of fused-ring (bicyclic) bond motifs is 1. The van der Waals surface area contributed by atoms with Crippen molar-refractivity contribution in [2.24, 2.45) is 5.73 Å². The number of hydrogen-bond donors (Lipinski definition) is 1. The summed E-state index contributed by atoms with van der Waals surface area (Å²) in [5.41, 5.74) is 8.66. The van der Waals surface area contributed by atoms with Crippen molar-refractivity contribution in [3.05, 3.63) is 47.1 Å². The van der Waals surface area contributed by atoms with Crippen LogP contribution < -0.4 is 5.73 Å². The van der Waals surface area contributed by atoms with Gasteiger partial charge in [-0.2, -0.15) is 4.98 Å². The Morgan fingerprint density at radius 3 is 2.90 bits per heavy atom. The molecule has 106 valence electrons. The number of nitrogens with zero attached hydrogens (tertiary/aromatic N) is 2. The standard InChI is InChI=1S/C16H21N3O/c1-10(11(2)17)16-18-15(19-20-16)14-9-5-7-12-6-3-4-8-13(12)14/h3-4,6,8,10-11,14H,5,7,9,17H2,1-2H3. The van der Waals surface area contributed by atoms with Gasteiger partial charge < -0.3 is 10.3 Å². The molecule has 3 rings (SSSR count). The molecule has 2 aromatic rings. The van der Waals surface area contributed by atoms with Gasteiger partial charge in [0.15, 0.2) is 5.82 Å². The lowest BCUT2D eigenvalue weighted by Gasteiger charge is -2.22. The van der Waals surface area contributed by atoms with Crippen LogP contribution in [0.15, 0.2) is 28.8 Å². The molecule has 4 heteroatoms. The molecular formula is C16H21N3O. The molecule has 20 heavy (non-hydrogen) atoms. The van der Waals surface area contributed by atoms with Gasteiger partial charge in [-0.15, -0.1) is 0 Å². The van der Waals surface area contributed by atoms with Gasteiger partial charge in [0, 0.05) is 12.0 Å². The van der Waals surface area contributed by atoms with Crippen LogP contribution in [0, 0.1) is 0 Å². The van der Waals surface area contributed by atoms with Gasteiger partial charge in [-0.05, 0) is 37.3 Å². The van der Waals surface area contributed by atoms with E-state index in [2.05, 4.69) is 34.4 Å². The van der Waals surface area contributed by atoms with Crippen LogP contribution in [-0.4, -0.2) is 16.2 Å². The summed E-state index contributed by atoms with van der Waals surface area (Å²) in [6.45, 7) is 3.99. The Morgan fingerprint density at radius 1 is 1.30 bits per heavy atom. The fourth-order valence-electron chi connectivity index (χ4n) is 2.82. The zero-order valence-corrected chi connectivity index (χ0v) is 12.0. The zero-order chi connectivity index (χ0) is 14.1. The average molecular weight is 271 g/mol. The van der Waals surface area contributed by atoms with E-state index in [9.17, 15) is 0 Å². The first-order valence-electron chi connectivity index (χ1n) is 7.33. The Morgan fingerprint density at radius 2 is 2.10 bits per heavy atom. The Labute approximate surface area is 119 Å². The Balaban J connectivity index is 1.91. The lowest BCUT2D eigenvalue weighted by atomic mass is 9.82. The molecule has 1 aromatic carbocycles. The summed E-state index contributed by atoms with van der Waals surface area (Å²) in [5.74, 6) is 1.81. The Hall–Kier alpha value is -1.68. The van der Waals surface area contributed by atoms with E-state index < -0.39 is 0 Å². The van der Waals surface area contributed by atoms with Crippen LogP contribution in [0.2, 0.25) is 0 Å². The summed E-state index contributed by atoms with van der Waals surface area (Å²) in [7, 11) is 0. The second kappa shape index (κ2) is 5.37. The topological polar surface area (TPSA) is 64.9 Å². The molecule has 0 fully saturated rings. The third-order valence-corrected chi connectivity index (χ3v) is 4.32. The van der Waals surface area contributed by atoms with Crippen molar-refractivity contribution in [2.75, 3.05) is 0 Å². The molecule has 2 N–H and O–H groups in total. The highest BCUT2D eigenvalue weighted by atomic mass is 16.5. The van der Waals surface area contributed by atoms with Crippen LogP contribution in [0.5, 0.6) is 0 Å². The summed E-state index contributed by atoms with van der Waals surface area (Å²) in [5, 5.41) is 4.20. The fourth-order valence-corrected chi connectivity index (χ4v) is 2.82. The molecular weight excluding hydrogens is 250 g/mol. The molecule has 1 aromatic heterocycles. The first-order chi connectivity index (χ1) is 9.66. The molecule has 3 atom stereocenters. The minimum absolute atomic E-state index is 0.0157. The van der Waals surface area contributed by atoms with Gasteiger partial charge >= 0.3 is 0 Å². The van der Waals surface area contributed by atoms with E-state index in [1.165, 1.54) is 17.5 Å². The van der Waals surface area contributed by atoms with E-state index in [4.69, 9.17) is 10.3 Å². The number of hydrogen-bond acceptors (Lipinski definition) is 4. The van der Waals surface area contributed by atoms with E-state index >= 15 is 0 Å². The third-order valence-electron chi connectivity index (χ3n) is 4.32. The van der Waals surface area contributed by atoms with E-state index in [0.29, 0.717) is 5.89 Å². The maximum Gasteiger partial charge on any atom is 0.231 e. The molecule has 0 bridgehead atoms.